The summed E-state index contributed by atoms with van der Waals surface area (Å²) in [6.45, 7) is 4.84. The molecule has 238 valence electrons. The summed E-state index contributed by atoms with van der Waals surface area (Å²) >= 11 is 0. The fourth-order valence-electron chi connectivity index (χ4n) is 8.49. The minimum atomic E-state index is -0.420. The number of nitriles is 1. The molecule has 0 saturated carbocycles. The van der Waals surface area contributed by atoms with Gasteiger partial charge in [-0.2, -0.15) is 10.2 Å². The highest BCUT2D eigenvalue weighted by Gasteiger charge is 2.49. The summed E-state index contributed by atoms with van der Waals surface area (Å²) in [5.41, 5.74) is 10.9. The first-order chi connectivity index (χ1) is 21.7. The van der Waals surface area contributed by atoms with E-state index >= 15 is 0 Å². The van der Waals surface area contributed by atoms with Crippen LogP contribution in [0.15, 0.2) is 22.7 Å². The second kappa shape index (κ2) is 11.6. The molecule has 2 fully saturated rings. The molecule has 7 rings (SSSR count). The molecule has 0 radical (unpaired) electrons. The van der Waals surface area contributed by atoms with Crippen molar-refractivity contribution >= 4 is 11.5 Å². The van der Waals surface area contributed by atoms with Crippen molar-refractivity contribution in [2.45, 2.75) is 81.6 Å². The molecule has 11 nitrogen and oxygen atoms in total. The molecular formula is C34H44N8O3. The zero-order chi connectivity index (χ0) is 31.5. The fraction of sp³-hybridized carbons (Fsp3) is 0.588. The van der Waals surface area contributed by atoms with Gasteiger partial charge in [-0.25, -0.2) is 4.98 Å². The number of benzene rings is 1. The zero-order valence-electron chi connectivity index (χ0n) is 27.0. The molecule has 0 bridgehead atoms. The molecule has 45 heavy (non-hydrogen) atoms. The molecule has 11 heteroatoms. The third-order valence-corrected chi connectivity index (χ3v) is 10.9. The van der Waals surface area contributed by atoms with Crippen molar-refractivity contribution in [2.24, 2.45) is 0 Å². The van der Waals surface area contributed by atoms with Crippen molar-refractivity contribution in [3.8, 4) is 23.5 Å². The molecule has 2 N–H and O–H groups in total. The number of fused-ring (bicyclic) bond motifs is 4. The van der Waals surface area contributed by atoms with Gasteiger partial charge in [0.2, 0.25) is 5.88 Å². The van der Waals surface area contributed by atoms with Crippen LogP contribution in [0.3, 0.4) is 0 Å². The quantitative estimate of drug-likeness (QED) is 0.391. The highest BCUT2D eigenvalue weighted by atomic mass is 16.5. The lowest BCUT2D eigenvalue weighted by Gasteiger charge is -2.33. The van der Waals surface area contributed by atoms with Gasteiger partial charge in [-0.05, 0) is 90.2 Å². The Kier molecular flexibility index (Phi) is 7.71. The zero-order valence-corrected chi connectivity index (χ0v) is 27.0. The summed E-state index contributed by atoms with van der Waals surface area (Å²) in [6.07, 6.45) is 6.38. The van der Waals surface area contributed by atoms with Gasteiger partial charge in [-0.15, -0.1) is 0 Å². The maximum atomic E-state index is 10.1. The number of nitrogens with two attached hydrogens (primary N) is 1. The minimum absolute atomic E-state index is 0.102. The number of hydrogen-bond donors (Lipinski definition) is 1. The Balaban J connectivity index is 1.29. The van der Waals surface area contributed by atoms with Crippen LogP contribution >= 0.6 is 0 Å². The van der Waals surface area contributed by atoms with Crippen LogP contribution in [-0.4, -0.2) is 97.1 Å². The maximum Gasteiger partial charge on any atom is 0.219 e. The first-order valence-corrected chi connectivity index (χ1v) is 16.3. The van der Waals surface area contributed by atoms with Crippen molar-refractivity contribution in [1.82, 2.24) is 24.9 Å². The summed E-state index contributed by atoms with van der Waals surface area (Å²) < 4.78 is 18.7. The normalized spacial score (nSPS) is 26.8. The molecule has 0 amide bonds. The molecule has 3 aromatic rings. The number of aryl methyl sites for hydroxylation is 1. The molecule has 2 aromatic heterocycles. The van der Waals surface area contributed by atoms with Gasteiger partial charge in [-0.1, -0.05) is 11.2 Å². The lowest BCUT2D eigenvalue weighted by atomic mass is 9.68. The van der Waals surface area contributed by atoms with Crippen LogP contribution in [-0.2, 0) is 23.0 Å². The number of nitrogen functional groups attached to an aromatic ring is 1. The van der Waals surface area contributed by atoms with Crippen molar-refractivity contribution < 1.29 is 14.0 Å². The van der Waals surface area contributed by atoms with Crippen LogP contribution < -0.4 is 15.4 Å². The van der Waals surface area contributed by atoms with E-state index < -0.39 is 5.41 Å². The third kappa shape index (κ3) is 4.94. The number of aromatic nitrogens is 3. The van der Waals surface area contributed by atoms with E-state index in [1.165, 1.54) is 5.56 Å². The largest absolute Gasteiger partial charge is 0.473 e. The fourth-order valence-corrected chi connectivity index (χ4v) is 8.49. The first-order valence-electron chi connectivity index (χ1n) is 16.3. The van der Waals surface area contributed by atoms with E-state index in [9.17, 15) is 5.26 Å². The molecule has 2 aliphatic carbocycles. The predicted octanol–water partition coefficient (Wildman–Crippen LogP) is 3.78. The van der Waals surface area contributed by atoms with Gasteiger partial charge in [0, 0.05) is 50.1 Å². The highest BCUT2D eigenvalue weighted by Crippen LogP contribution is 2.54. The van der Waals surface area contributed by atoms with E-state index in [1.807, 2.05) is 12.1 Å². The molecule has 4 heterocycles. The highest BCUT2D eigenvalue weighted by molar-refractivity contribution is 5.68. The molecule has 1 spiro atoms. The van der Waals surface area contributed by atoms with Crippen LogP contribution in [0, 0.1) is 11.3 Å². The number of likely N-dealkylation sites (tertiary alicyclic amines) is 1. The predicted molar refractivity (Wildman–Crippen MR) is 171 cm³/mol. The van der Waals surface area contributed by atoms with Crippen LogP contribution in [0.5, 0.6) is 5.88 Å². The Morgan fingerprint density at radius 1 is 1.18 bits per heavy atom. The van der Waals surface area contributed by atoms with Crippen LogP contribution in [0.2, 0.25) is 0 Å². The standard InChI is InChI=1S/C34H44N8O3/c1-20(31-26(43-5)12-15-41(31)4)44-28-17-27(42-16-11-22(19-42)40(2)3)37-33(38-28)30-23-7-6-13-34(32(23)45-39-30)14-10-21-8-9-25(36)24(18-35)29(21)34/h8-9,17,20,22,26,31H,6-7,10-16,19,36H2,1-5H3/t20-,22?,26-,31+,34-/m0/s1. The summed E-state index contributed by atoms with van der Waals surface area (Å²) in [7, 11) is 8.15. The molecule has 4 aliphatic rings. The number of ether oxygens (including phenoxy) is 2. The second-order valence-corrected chi connectivity index (χ2v) is 13.5. The minimum Gasteiger partial charge on any atom is -0.473 e. The molecule has 2 aliphatic heterocycles. The van der Waals surface area contributed by atoms with E-state index in [0.717, 1.165) is 87.3 Å². The van der Waals surface area contributed by atoms with E-state index in [1.54, 1.807) is 7.11 Å². The second-order valence-electron chi connectivity index (χ2n) is 13.5. The molecule has 1 aromatic carbocycles. The van der Waals surface area contributed by atoms with E-state index in [-0.39, 0.29) is 18.2 Å². The number of hydrogen-bond acceptors (Lipinski definition) is 11. The van der Waals surface area contributed by atoms with Crippen molar-refractivity contribution in [3.63, 3.8) is 0 Å². The van der Waals surface area contributed by atoms with Crippen molar-refractivity contribution in [2.75, 3.05) is 58.5 Å². The van der Waals surface area contributed by atoms with Crippen LogP contribution in [0.1, 0.15) is 67.0 Å². The van der Waals surface area contributed by atoms with Crippen molar-refractivity contribution in [1.29, 1.82) is 5.26 Å². The summed E-state index contributed by atoms with van der Waals surface area (Å²) in [5.74, 6) is 2.71. The molecular weight excluding hydrogens is 568 g/mol. The number of anilines is 2. The first kappa shape index (κ1) is 30.0. The van der Waals surface area contributed by atoms with Gasteiger partial charge in [0.1, 0.15) is 18.0 Å². The van der Waals surface area contributed by atoms with Crippen molar-refractivity contribution in [3.05, 3.63) is 46.2 Å². The van der Waals surface area contributed by atoms with Crippen LogP contribution in [0.25, 0.3) is 11.5 Å². The topological polar surface area (TPSA) is 130 Å². The molecule has 1 unspecified atom stereocenters. The smallest absolute Gasteiger partial charge is 0.219 e. The summed E-state index contributed by atoms with van der Waals surface area (Å²) in [4.78, 5) is 17.0. The average molecular weight is 613 g/mol. The number of rotatable bonds is 7. The molecule has 2 saturated heterocycles. The van der Waals surface area contributed by atoms with Crippen LogP contribution in [0.4, 0.5) is 11.5 Å². The monoisotopic (exact) mass is 612 g/mol. The SMILES string of the molecule is CO[C@H]1CCN(C)[C@@H]1[C@H](C)Oc1cc(N2CCC(N(C)C)C2)nc(-c2noc3c2CCC[C@@]32CCc3ccc(N)c(C#N)c32)n1. The van der Waals surface area contributed by atoms with E-state index in [4.69, 9.17) is 29.7 Å². The number of likely N-dealkylation sites (N-methyl/N-ethyl adjacent to an activating group) is 2. The Morgan fingerprint density at radius 3 is 2.78 bits per heavy atom. The lowest BCUT2D eigenvalue weighted by Crippen LogP contribution is -2.44. The lowest BCUT2D eigenvalue weighted by molar-refractivity contribution is 0.0174. The Labute approximate surface area is 265 Å². The van der Waals surface area contributed by atoms with Gasteiger partial charge in [0.25, 0.3) is 0 Å². The molecule has 5 atom stereocenters. The Bertz CT molecular complexity index is 1630. The average Bonchev–Trinajstić information content (AvgIpc) is 3.83. The van der Waals surface area contributed by atoms with Gasteiger partial charge < -0.3 is 29.5 Å². The third-order valence-electron chi connectivity index (χ3n) is 10.9. The van der Waals surface area contributed by atoms with Gasteiger partial charge >= 0.3 is 0 Å². The summed E-state index contributed by atoms with van der Waals surface area (Å²) in [5, 5.41) is 14.8. The van der Waals surface area contributed by atoms with Gasteiger partial charge in [0.05, 0.1) is 23.1 Å². The van der Waals surface area contributed by atoms with Gasteiger partial charge in [-0.3, -0.25) is 4.90 Å². The van der Waals surface area contributed by atoms with Gasteiger partial charge in [0.15, 0.2) is 17.3 Å². The summed E-state index contributed by atoms with van der Waals surface area (Å²) in [6, 6.07) is 8.85. The number of methoxy groups -OCH3 is 1. The Morgan fingerprint density at radius 2 is 2.02 bits per heavy atom. The van der Waals surface area contributed by atoms with E-state index in [0.29, 0.717) is 34.7 Å². The van der Waals surface area contributed by atoms with E-state index in [2.05, 4.69) is 60.1 Å². The maximum absolute atomic E-state index is 10.1. The Hall–Kier alpha value is -3.72. The number of nitrogens with zero attached hydrogens (tertiary/aromatic N) is 7.